The van der Waals surface area contributed by atoms with Crippen molar-refractivity contribution in [1.29, 1.82) is 0 Å². The first-order chi connectivity index (χ1) is 14.8. The Morgan fingerprint density at radius 2 is 1.87 bits per heavy atom. The van der Waals surface area contributed by atoms with Crippen LogP contribution in [0.25, 0.3) is 0 Å². The molecule has 3 rings (SSSR count). The van der Waals surface area contributed by atoms with E-state index in [0.717, 1.165) is 0 Å². The van der Waals surface area contributed by atoms with Gasteiger partial charge in [-0.1, -0.05) is 23.7 Å². The smallest absolute Gasteiger partial charge is 0.257 e. The van der Waals surface area contributed by atoms with Crippen LogP contribution in [-0.4, -0.2) is 77.1 Å². The van der Waals surface area contributed by atoms with E-state index in [4.69, 9.17) is 25.8 Å². The van der Waals surface area contributed by atoms with Crippen molar-refractivity contribution in [2.45, 2.75) is 4.90 Å². The quantitative estimate of drug-likeness (QED) is 0.591. The highest BCUT2D eigenvalue weighted by atomic mass is 35.5. The number of methoxy groups -OCH3 is 1. The van der Waals surface area contributed by atoms with Crippen LogP contribution in [0.4, 0.5) is 0 Å². The molecule has 168 valence electrons. The third-order valence-electron chi connectivity index (χ3n) is 4.88. The summed E-state index contributed by atoms with van der Waals surface area (Å²) in [5, 5.41) is 0.485. The number of benzene rings is 2. The van der Waals surface area contributed by atoms with Crippen molar-refractivity contribution in [1.82, 2.24) is 9.21 Å². The van der Waals surface area contributed by atoms with E-state index >= 15 is 0 Å². The highest BCUT2D eigenvalue weighted by Crippen LogP contribution is 2.26. The Morgan fingerprint density at radius 3 is 2.55 bits per heavy atom. The van der Waals surface area contributed by atoms with Gasteiger partial charge in [-0.25, -0.2) is 8.42 Å². The Kier molecular flexibility index (Phi) is 7.77. The highest BCUT2D eigenvalue weighted by molar-refractivity contribution is 7.89. The Morgan fingerprint density at radius 1 is 1.16 bits per heavy atom. The maximum Gasteiger partial charge on any atom is 0.257 e. The molecule has 1 amide bonds. The third-order valence-corrected chi connectivity index (χ3v) is 7.08. The molecular weight excluding hydrogens is 444 g/mol. The number of ether oxygens (including phenoxy) is 3. The van der Waals surface area contributed by atoms with Gasteiger partial charge >= 0.3 is 0 Å². The molecular formula is C21H25ClN2O6S. The zero-order chi connectivity index (χ0) is 22.4. The lowest BCUT2D eigenvalue weighted by Crippen LogP contribution is -2.40. The van der Waals surface area contributed by atoms with Crippen LogP contribution in [0.3, 0.4) is 0 Å². The monoisotopic (exact) mass is 468 g/mol. The number of morpholine rings is 1. The van der Waals surface area contributed by atoms with Gasteiger partial charge in [0.1, 0.15) is 18.1 Å². The molecule has 1 fully saturated rings. The summed E-state index contributed by atoms with van der Waals surface area (Å²) < 4.78 is 43.4. The summed E-state index contributed by atoms with van der Waals surface area (Å²) in [4.78, 5) is 14.5. The number of likely N-dealkylation sites (N-methyl/N-ethyl adjacent to an activating group) is 1. The van der Waals surface area contributed by atoms with Crippen molar-refractivity contribution in [2.24, 2.45) is 0 Å². The number of sulfonamides is 1. The summed E-state index contributed by atoms with van der Waals surface area (Å²) >= 11 is 6.07. The number of carbonyl (C=O) groups is 1. The molecule has 1 saturated heterocycles. The van der Waals surface area contributed by atoms with Crippen LogP contribution < -0.4 is 9.47 Å². The molecule has 1 heterocycles. The maximum atomic E-state index is 13.0. The minimum Gasteiger partial charge on any atom is -0.496 e. The Hall–Kier alpha value is -2.33. The van der Waals surface area contributed by atoms with Crippen LogP contribution >= 0.6 is 11.6 Å². The van der Waals surface area contributed by atoms with Gasteiger partial charge in [0.05, 0.1) is 42.3 Å². The fourth-order valence-corrected chi connectivity index (χ4v) is 4.74. The second-order valence-electron chi connectivity index (χ2n) is 6.88. The number of amides is 1. The lowest BCUT2D eigenvalue weighted by molar-refractivity contribution is 0.0730. The molecule has 0 radical (unpaired) electrons. The molecule has 0 spiro atoms. The van der Waals surface area contributed by atoms with E-state index < -0.39 is 10.0 Å². The average Bonchev–Trinajstić information content (AvgIpc) is 2.79. The van der Waals surface area contributed by atoms with E-state index in [0.29, 0.717) is 29.7 Å². The Labute approximate surface area is 187 Å². The number of para-hydroxylation sites is 1. The molecule has 31 heavy (non-hydrogen) atoms. The summed E-state index contributed by atoms with van der Waals surface area (Å²) in [6.07, 6.45) is 0. The molecule has 0 N–H and O–H groups in total. The van der Waals surface area contributed by atoms with Gasteiger partial charge in [-0.15, -0.1) is 0 Å². The lowest BCUT2D eigenvalue weighted by Gasteiger charge is -2.26. The molecule has 0 bridgehead atoms. The molecule has 0 aliphatic carbocycles. The van der Waals surface area contributed by atoms with Crippen LogP contribution in [0.5, 0.6) is 11.5 Å². The van der Waals surface area contributed by atoms with Crippen molar-refractivity contribution >= 4 is 27.5 Å². The number of hydrogen-bond acceptors (Lipinski definition) is 6. The Bertz CT molecular complexity index is 1020. The van der Waals surface area contributed by atoms with Crippen molar-refractivity contribution in [3.63, 3.8) is 0 Å². The van der Waals surface area contributed by atoms with E-state index in [2.05, 4.69) is 0 Å². The normalized spacial score (nSPS) is 14.8. The van der Waals surface area contributed by atoms with Gasteiger partial charge in [0.2, 0.25) is 10.0 Å². The van der Waals surface area contributed by atoms with Crippen LogP contribution in [0.1, 0.15) is 10.4 Å². The largest absolute Gasteiger partial charge is 0.496 e. The first-order valence-electron chi connectivity index (χ1n) is 9.73. The van der Waals surface area contributed by atoms with Crippen LogP contribution in [0.15, 0.2) is 47.4 Å². The Balaban J connectivity index is 1.74. The molecule has 1 aliphatic heterocycles. The van der Waals surface area contributed by atoms with Gasteiger partial charge in [0, 0.05) is 20.1 Å². The fraction of sp³-hybridized carbons (Fsp3) is 0.381. The number of rotatable bonds is 8. The minimum atomic E-state index is -3.74. The van der Waals surface area contributed by atoms with E-state index in [9.17, 15) is 13.2 Å². The molecule has 0 aromatic heterocycles. The number of halogens is 1. The number of hydrogen-bond donors (Lipinski definition) is 0. The molecule has 1 aliphatic rings. The van der Waals surface area contributed by atoms with Crippen molar-refractivity contribution in [3.05, 3.63) is 53.1 Å². The second-order valence-corrected chi connectivity index (χ2v) is 9.23. The van der Waals surface area contributed by atoms with Crippen molar-refractivity contribution in [3.8, 4) is 11.5 Å². The highest BCUT2D eigenvalue weighted by Gasteiger charge is 2.28. The first-order valence-corrected chi connectivity index (χ1v) is 11.5. The third kappa shape index (κ3) is 5.48. The summed E-state index contributed by atoms with van der Waals surface area (Å²) in [5.74, 6) is 0.449. The van der Waals surface area contributed by atoms with E-state index in [1.807, 2.05) is 0 Å². The lowest BCUT2D eigenvalue weighted by atomic mass is 10.1. The molecule has 10 heteroatoms. The molecule has 0 saturated carbocycles. The molecule has 2 aromatic rings. The fourth-order valence-electron chi connectivity index (χ4n) is 3.11. The number of nitrogens with zero attached hydrogens (tertiary/aromatic N) is 2. The van der Waals surface area contributed by atoms with Gasteiger partial charge in [0.15, 0.2) is 0 Å². The van der Waals surface area contributed by atoms with Crippen LogP contribution in [-0.2, 0) is 14.8 Å². The predicted molar refractivity (Wildman–Crippen MR) is 116 cm³/mol. The first kappa shape index (κ1) is 23.3. The van der Waals surface area contributed by atoms with E-state index in [1.165, 1.54) is 34.5 Å². The van der Waals surface area contributed by atoms with Crippen molar-refractivity contribution in [2.75, 3.05) is 53.6 Å². The maximum absolute atomic E-state index is 13.0. The molecule has 2 aromatic carbocycles. The van der Waals surface area contributed by atoms with Gasteiger partial charge < -0.3 is 19.1 Å². The van der Waals surface area contributed by atoms with Gasteiger partial charge in [-0.2, -0.15) is 4.31 Å². The van der Waals surface area contributed by atoms with Gasteiger partial charge in [-0.05, 0) is 30.3 Å². The van der Waals surface area contributed by atoms with E-state index in [1.54, 1.807) is 31.3 Å². The molecule has 0 unspecified atom stereocenters. The summed E-state index contributed by atoms with van der Waals surface area (Å²) in [6.45, 7) is 1.73. The van der Waals surface area contributed by atoms with E-state index in [-0.39, 0.29) is 42.6 Å². The van der Waals surface area contributed by atoms with Crippen molar-refractivity contribution < 1.29 is 27.4 Å². The second kappa shape index (κ2) is 10.3. The zero-order valence-electron chi connectivity index (χ0n) is 17.4. The van der Waals surface area contributed by atoms with Crippen LogP contribution in [0, 0.1) is 0 Å². The predicted octanol–water partition coefficient (Wildman–Crippen LogP) is 2.52. The number of carbonyl (C=O) groups excluding carboxylic acids is 1. The summed E-state index contributed by atoms with van der Waals surface area (Å²) in [5.41, 5.74) is 0.164. The molecule has 0 atom stereocenters. The molecule has 8 nitrogen and oxygen atoms in total. The SMILES string of the molecule is COc1ccc(S(=O)(=O)N2CCOCC2)cc1C(=O)N(C)CCOc1ccccc1Cl. The van der Waals surface area contributed by atoms with Gasteiger partial charge in [-0.3, -0.25) is 4.79 Å². The standard InChI is InChI=1S/C21H25ClN2O6S/c1-23(9-14-30-20-6-4-3-5-18(20)22)21(25)17-15-16(7-8-19(17)28-2)31(26,27)24-10-12-29-13-11-24/h3-8,15H,9-14H2,1-2H3. The van der Waals surface area contributed by atoms with Gasteiger partial charge in [0.25, 0.3) is 5.91 Å². The zero-order valence-corrected chi connectivity index (χ0v) is 19.0. The summed E-state index contributed by atoms with van der Waals surface area (Å²) in [6, 6.07) is 11.4. The average molecular weight is 469 g/mol. The summed E-state index contributed by atoms with van der Waals surface area (Å²) in [7, 11) is -0.693. The minimum absolute atomic E-state index is 0.0410. The van der Waals surface area contributed by atoms with Crippen LogP contribution in [0.2, 0.25) is 5.02 Å². The topological polar surface area (TPSA) is 85.4 Å².